The highest BCUT2D eigenvalue weighted by Gasteiger charge is 2.14. The number of anilines is 1. The van der Waals surface area contributed by atoms with Crippen LogP contribution in [0, 0.1) is 6.92 Å². The minimum absolute atomic E-state index is 0.0461. The van der Waals surface area contributed by atoms with E-state index in [9.17, 15) is 9.59 Å². The molecule has 0 saturated carbocycles. The molecular formula is C14H11Cl2NO4. The zero-order chi connectivity index (χ0) is 15.4. The third kappa shape index (κ3) is 4.24. The Morgan fingerprint density at radius 1 is 1.24 bits per heavy atom. The van der Waals surface area contributed by atoms with Crippen LogP contribution in [0.4, 0.5) is 5.69 Å². The van der Waals surface area contributed by atoms with Gasteiger partial charge in [0.1, 0.15) is 5.76 Å². The first-order valence-corrected chi connectivity index (χ1v) is 6.70. The van der Waals surface area contributed by atoms with Gasteiger partial charge in [-0.25, -0.2) is 4.79 Å². The maximum Gasteiger partial charge on any atom is 0.374 e. The number of halogens is 2. The van der Waals surface area contributed by atoms with Gasteiger partial charge < -0.3 is 14.5 Å². The van der Waals surface area contributed by atoms with Gasteiger partial charge in [-0.2, -0.15) is 0 Å². The summed E-state index contributed by atoms with van der Waals surface area (Å²) >= 11 is 11.7. The molecule has 0 atom stereocenters. The van der Waals surface area contributed by atoms with E-state index in [1.807, 2.05) is 0 Å². The van der Waals surface area contributed by atoms with E-state index in [1.54, 1.807) is 25.1 Å². The summed E-state index contributed by atoms with van der Waals surface area (Å²) in [5.41, 5.74) is 0.385. The third-order valence-electron chi connectivity index (χ3n) is 2.48. The first-order chi connectivity index (χ1) is 9.95. The van der Waals surface area contributed by atoms with Crippen molar-refractivity contribution in [3.05, 3.63) is 51.9 Å². The van der Waals surface area contributed by atoms with Crippen LogP contribution in [0.3, 0.4) is 0 Å². The molecule has 0 unspecified atom stereocenters. The summed E-state index contributed by atoms with van der Waals surface area (Å²) in [6.07, 6.45) is 0. The lowest BCUT2D eigenvalue weighted by atomic mass is 10.3. The lowest BCUT2D eigenvalue weighted by Gasteiger charge is -2.07. The SMILES string of the molecule is Cc1ccc(C(=O)OCC(=O)Nc2ccc(Cl)cc2Cl)o1. The number of benzene rings is 1. The number of rotatable bonds is 4. The van der Waals surface area contributed by atoms with Gasteiger partial charge in [0.15, 0.2) is 6.61 Å². The van der Waals surface area contributed by atoms with Gasteiger partial charge in [-0.15, -0.1) is 0 Å². The molecule has 110 valence electrons. The molecule has 7 heteroatoms. The first-order valence-electron chi connectivity index (χ1n) is 5.94. The second kappa shape index (κ2) is 6.65. The number of carbonyl (C=O) groups excluding carboxylic acids is 2. The molecule has 1 heterocycles. The van der Waals surface area contributed by atoms with Gasteiger partial charge in [0.05, 0.1) is 10.7 Å². The molecule has 21 heavy (non-hydrogen) atoms. The number of hydrogen-bond acceptors (Lipinski definition) is 4. The molecule has 0 aliphatic rings. The molecule has 0 radical (unpaired) electrons. The number of hydrogen-bond donors (Lipinski definition) is 1. The van der Waals surface area contributed by atoms with E-state index in [0.717, 1.165) is 0 Å². The smallest absolute Gasteiger partial charge is 0.374 e. The fourth-order valence-corrected chi connectivity index (χ4v) is 1.98. The van der Waals surface area contributed by atoms with Crippen molar-refractivity contribution in [2.45, 2.75) is 6.92 Å². The quantitative estimate of drug-likeness (QED) is 0.869. The molecule has 2 aromatic rings. The van der Waals surface area contributed by atoms with Crippen molar-refractivity contribution in [2.75, 3.05) is 11.9 Å². The Hall–Kier alpha value is -1.98. The molecule has 0 aliphatic carbocycles. The lowest BCUT2D eigenvalue weighted by Crippen LogP contribution is -2.20. The molecule has 1 N–H and O–H groups in total. The first kappa shape index (κ1) is 15.4. The van der Waals surface area contributed by atoms with E-state index in [0.29, 0.717) is 21.5 Å². The average molecular weight is 328 g/mol. The largest absolute Gasteiger partial charge is 0.454 e. The van der Waals surface area contributed by atoms with Crippen LogP contribution in [-0.4, -0.2) is 18.5 Å². The fourth-order valence-electron chi connectivity index (χ4n) is 1.52. The topological polar surface area (TPSA) is 68.5 Å². The summed E-state index contributed by atoms with van der Waals surface area (Å²) in [6.45, 7) is 1.25. The van der Waals surface area contributed by atoms with Crippen molar-refractivity contribution in [1.82, 2.24) is 0 Å². The number of carbonyl (C=O) groups is 2. The van der Waals surface area contributed by atoms with Crippen LogP contribution in [0.2, 0.25) is 10.0 Å². The molecule has 0 bridgehead atoms. The summed E-state index contributed by atoms with van der Waals surface area (Å²) in [5, 5.41) is 3.26. The van der Waals surface area contributed by atoms with E-state index < -0.39 is 18.5 Å². The van der Waals surface area contributed by atoms with Crippen molar-refractivity contribution in [1.29, 1.82) is 0 Å². The highest BCUT2D eigenvalue weighted by atomic mass is 35.5. The van der Waals surface area contributed by atoms with Crippen LogP contribution in [0.5, 0.6) is 0 Å². The van der Waals surface area contributed by atoms with Gasteiger partial charge in [-0.3, -0.25) is 4.79 Å². The predicted octanol–water partition coefficient (Wildman–Crippen LogP) is 3.69. The molecule has 0 fully saturated rings. The standard InChI is InChI=1S/C14H11Cl2NO4/c1-8-2-5-12(21-8)14(19)20-7-13(18)17-11-4-3-9(15)6-10(11)16/h2-6H,7H2,1H3,(H,17,18). The van der Waals surface area contributed by atoms with E-state index in [-0.39, 0.29) is 5.76 Å². The molecule has 1 amide bonds. The van der Waals surface area contributed by atoms with Gasteiger partial charge in [0.2, 0.25) is 5.76 Å². The maximum atomic E-state index is 11.7. The number of aryl methyl sites for hydroxylation is 1. The van der Waals surface area contributed by atoms with Gasteiger partial charge in [-0.05, 0) is 37.3 Å². The van der Waals surface area contributed by atoms with Crippen molar-refractivity contribution in [2.24, 2.45) is 0 Å². The maximum absolute atomic E-state index is 11.7. The minimum Gasteiger partial charge on any atom is -0.454 e. The Morgan fingerprint density at radius 3 is 2.62 bits per heavy atom. The predicted molar refractivity (Wildman–Crippen MR) is 78.8 cm³/mol. The number of amides is 1. The Bertz CT molecular complexity index is 681. The Labute approximate surface area is 130 Å². The van der Waals surface area contributed by atoms with Gasteiger partial charge in [-0.1, -0.05) is 23.2 Å². The number of nitrogens with one attached hydrogen (secondary N) is 1. The van der Waals surface area contributed by atoms with E-state index >= 15 is 0 Å². The van der Waals surface area contributed by atoms with Gasteiger partial charge in [0.25, 0.3) is 5.91 Å². The molecule has 2 rings (SSSR count). The molecule has 5 nitrogen and oxygen atoms in total. The molecule has 0 spiro atoms. The summed E-state index contributed by atoms with van der Waals surface area (Å²) in [7, 11) is 0. The minimum atomic E-state index is -0.708. The van der Waals surface area contributed by atoms with Crippen LogP contribution < -0.4 is 5.32 Å². The lowest BCUT2D eigenvalue weighted by molar-refractivity contribution is -0.119. The zero-order valence-corrected chi connectivity index (χ0v) is 12.5. The Morgan fingerprint density at radius 2 is 2.00 bits per heavy atom. The molecular weight excluding hydrogens is 317 g/mol. The van der Waals surface area contributed by atoms with Crippen LogP contribution in [0.1, 0.15) is 16.3 Å². The Balaban J connectivity index is 1.89. The van der Waals surface area contributed by atoms with E-state index in [4.69, 9.17) is 32.4 Å². The number of furan rings is 1. The number of esters is 1. The Kier molecular flexibility index (Phi) is 4.88. The molecule has 1 aromatic carbocycles. The van der Waals surface area contributed by atoms with Crippen LogP contribution in [0.25, 0.3) is 0 Å². The van der Waals surface area contributed by atoms with Crippen molar-refractivity contribution < 1.29 is 18.7 Å². The second-order valence-corrected chi connectivity index (χ2v) is 5.00. The fraction of sp³-hybridized carbons (Fsp3) is 0.143. The monoisotopic (exact) mass is 327 g/mol. The highest BCUT2D eigenvalue weighted by Crippen LogP contribution is 2.25. The second-order valence-electron chi connectivity index (χ2n) is 4.16. The van der Waals surface area contributed by atoms with Gasteiger partial charge in [0, 0.05) is 5.02 Å². The zero-order valence-electron chi connectivity index (χ0n) is 11.0. The normalized spacial score (nSPS) is 10.2. The average Bonchev–Trinajstić information content (AvgIpc) is 2.86. The van der Waals surface area contributed by atoms with E-state index in [1.165, 1.54) is 12.1 Å². The summed E-state index contributed by atoms with van der Waals surface area (Å²) in [6, 6.07) is 7.74. The molecule has 1 aromatic heterocycles. The summed E-state index contributed by atoms with van der Waals surface area (Å²) in [4.78, 5) is 23.3. The van der Waals surface area contributed by atoms with E-state index in [2.05, 4.69) is 5.32 Å². The molecule has 0 saturated heterocycles. The van der Waals surface area contributed by atoms with Crippen LogP contribution >= 0.6 is 23.2 Å². The van der Waals surface area contributed by atoms with Gasteiger partial charge >= 0.3 is 5.97 Å². The van der Waals surface area contributed by atoms with Crippen LogP contribution in [0.15, 0.2) is 34.7 Å². The van der Waals surface area contributed by atoms with Crippen molar-refractivity contribution >= 4 is 40.8 Å². The summed E-state index contributed by atoms with van der Waals surface area (Å²) in [5.74, 6) is -0.597. The van der Waals surface area contributed by atoms with Crippen molar-refractivity contribution in [3.63, 3.8) is 0 Å². The van der Waals surface area contributed by atoms with Crippen molar-refractivity contribution in [3.8, 4) is 0 Å². The third-order valence-corrected chi connectivity index (χ3v) is 3.03. The summed E-state index contributed by atoms with van der Waals surface area (Å²) < 4.78 is 9.91. The highest BCUT2D eigenvalue weighted by molar-refractivity contribution is 6.36. The number of ether oxygens (including phenoxy) is 1. The van der Waals surface area contributed by atoms with Crippen LogP contribution in [-0.2, 0) is 9.53 Å². The molecule has 0 aliphatic heterocycles.